The molecule has 5 heteroatoms. The first-order chi connectivity index (χ1) is 10.1. The van der Waals surface area contributed by atoms with Gasteiger partial charge in [0, 0.05) is 16.7 Å². The van der Waals surface area contributed by atoms with Crippen LogP contribution < -0.4 is 0 Å². The number of nitrogens with zero attached hydrogens (tertiary/aromatic N) is 1. The molecule has 0 bridgehead atoms. The van der Waals surface area contributed by atoms with Gasteiger partial charge in [-0.2, -0.15) is 0 Å². The number of benzene rings is 2. The van der Waals surface area contributed by atoms with E-state index >= 15 is 0 Å². The van der Waals surface area contributed by atoms with Gasteiger partial charge >= 0.3 is 5.97 Å². The summed E-state index contributed by atoms with van der Waals surface area (Å²) in [5.41, 5.74) is 2.34. The highest BCUT2D eigenvalue weighted by Gasteiger charge is 2.10. The standard InChI is InChI=1S/C16H10ClNO3/c17-12-5-3-11(4-6-12)16-13-9-10(2-8-15(19)20)1-7-14(13)18-21-16/h1-9H,(H,19,20)/b8-2+. The van der Waals surface area contributed by atoms with Crippen LogP contribution in [-0.4, -0.2) is 16.2 Å². The monoisotopic (exact) mass is 299 g/mol. The van der Waals surface area contributed by atoms with E-state index in [1.165, 1.54) is 6.08 Å². The van der Waals surface area contributed by atoms with Crippen LogP contribution in [0.15, 0.2) is 53.1 Å². The van der Waals surface area contributed by atoms with Crippen molar-refractivity contribution in [3.63, 3.8) is 0 Å². The van der Waals surface area contributed by atoms with Crippen molar-refractivity contribution in [1.82, 2.24) is 5.16 Å². The van der Waals surface area contributed by atoms with E-state index in [0.29, 0.717) is 16.3 Å². The molecule has 104 valence electrons. The lowest BCUT2D eigenvalue weighted by Gasteiger charge is -1.98. The number of carbonyl (C=O) groups is 1. The number of halogens is 1. The quantitative estimate of drug-likeness (QED) is 0.734. The molecule has 21 heavy (non-hydrogen) atoms. The van der Waals surface area contributed by atoms with Crippen molar-refractivity contribution in [1.29, 1.82) is 0 Å². The highest BCUT2D eigenvalue weighted by atomic mass is 35.5. The van der Waals surface area contributed by atoms with Crippen LogP contribution in [0.1, 0.15) is 5.56 Å². The molecule has 0 aliphatic rings. The molecule has 0 aliphatic heterocycles. The van der Waals surface area contributed by atoms with E-state index in [1.54, 1.807) is 24.3 Å². The Hall–Kier alpha value is -2.59. The third-order valence-electron chi connectivity index (χ3n) is 3.03. The maximum atomic E-state index is 10.6. The Morgan fingerprint density at radius 1 is 1.19 bits per heavy atom. The minimum Gasteiger partial charge on any atom is -0.478 e. The van der Waals surface area contributed by atoms with E-state index in [4.69, 9.17) is 21.2 Å². The lowest BCUT2D eigenvalue weighted by Crippen LogP contribution is -1.85. The van der Waals surface area contributed by atoms with E-state index < -0.39 is 5.97 Å². The van der Waals surface area contributed by atoms with Gasteiger partial charge in [0.05, 0.1) is 5.39 Å². The van der Waals surface area contributed by atoms with Gasteiger partial charge in [-0.1, -0.05) is 22.8 Å². The summed E-state index contributed by atoms with van der Waals surface area (Å²) in [6, 6.07) is 12.7. The highest BCUT2D eigenvalue weighted by Crippen LogP contribution is 2.30. The Kier molecular flexibility index (Phi) is 3.46. The Balaban J connectivity index is 2.09. The zero-order chi connectivity index (χ0) is 14.8. The summed E-state index contributed by atoms with van der Waals surface area (Å²) in [6.07, 6.45) is 2.62. The molecular formula is C16H10ClNO3. The van der Waals surface area contributed by atoms with Gasteiger partial charge in [-0.15, -0.1) is 0 Å². The zero-order valence-corrected chi connectivity index (χ0v) is 11.5. The summed E-state index contributed by atoms with van der Waals surface area (Å²) < 4.78 is 5.39. The SMILES string of the molecule is O=C(O)/C=C/c1ccc2noc(-c3ccc(Cl)cc3)c2c1. The number of aromatic nitrogens is 1. The zero-order valence-electron chi connectivity index (χ0n) is 10.8. The highest BCUT2D eigenvalue weighted by molar-refractivity contribution is 6.30. The van der Waals surface area contributed by atoms with Gasteiger partial charge in [0.15, 0.2) is 5.76 Å². The van der Waals surface area contributed by atoms with Crippen LogP contribution in [0, 0.1) is 0 Å². The molecule has 0 fully saturated rings. The summed E-state index contributed by atoms with van der Waals surface area (Å²) in [4.78, 5) is 10.6. The molecule has 0 unspecified atom stereocenters. The van der Waals surface area contributed by atoms with Crippen LogP contribution in [0.25, 0.3) is 28.3 Å². The molecular weight excluding hydrogens is 290 g/mol. The van der Waals surface area contributed by atoms with Crippen LogP contribution in [0.4, 0.5) is 0 Å². The van der Waals surface area contributed by atoms with Crippen molar-refractivity contribution in [2.45, 2.75) is 0 Å². The van der Waals surface area contributed by atoms with Crippen molar-refractivity contribution < 1.29 is 14.4 Å². The first-order valence-corrected chi connectivity index (χ1v) is 6.58. The van der Waals surface area contributed by atoms with E-state index in [9.17, 15) is 4.79 Å². The van der Waals surface area contributed by atoms with Crippen molar-refractivity contribution in [3.8, 4) is 11.3 Å². The molecule has 1 N–H and O–H groups in total. The Morgan fingerprint density at radius 3 is 2.67 bits per heavy atom. The molecule has 0 saturated heterocycles. The second-order valence-electron chi connectivity index (χ2n) is 4.47. The van der Waals surface area contributed by atoms with Crippen LogP contribution in [0.3, 0.4) is 0 Å². The van der Waals surface area contributed by atoms with Gasteiger partial charge < -0.3 is 9.63 Å². The first-order valence-electron chi connectivity index (χ1n) is 6.20. The summed E-state index contributed by atoms with van der Waals surface area (Å²) in [7, 11) is 0. The maximum Gasteiger partial charge on any atom is 0.328 e. The van der Waals surface area contributed by atoms with Gasteiger partial charge in [-0.3, -0.25) is 0 Å². The molecule has 3 aromatic rings. The fraction of sp³-hybridized carbons (Fsp3) is 0. The Morgan fingerprint density at radius 2 is 1.95 bits per heavy atom. The fourth-order valence-corrected chi connectivity index (χ4v) is 2.17. The average molecular weight is 300 g/mol. The van der Waals surface area contributed by atoms with E-state index in [0.717, 1.165) is 22.6 Å². The number of fused-ring (bicyclic) bond motifs is 1. The largest absolute Gasteiger partial charge is 0.478 e. The molecule has 1 heterocycles. The molecule has 2 aromatic carbocycles. The topological polar surface area (TPSA) is 63.3 Å². The van der Waals surface area contributed by atoms with Crippen LogP contribution in [-0.2, 0) is 4.79 Å². The molecule has 0 amide bonds. The van der Waals surface area contributed by atoms with Gasteiger partial charge in [-0.05, 0) is 48.0 Å². The molecule has 0 atom stereocenters. The van der Waals surface area contributed by atoms with Gasteiger partial charge in [0.1, 0.15) is 5.52 Å². The summed E-state index contributed by atoms with van der Waals surface area (Å²) in [6.45, 7) is 0. The first kappa shape index (κ1) is 13.4. The third-order valence-corrected chi connectivity index (χ3v) is 3.28. The lowest BCUT2D eigenvalue weighted by molar-refractivity contribution is -0.131. The Bertz CT molecular complexity index is 834. The van der Waals surface area contributed by atoms with E-state index in [-0.39, 0.29) is 0 Å². The number of rotatable bonds is 3. The molecule has 0 spiro atoms. The number of carboxylic acids is 1. The van der Waals surface area contributed by atoms with E-state index in [2.05, 4.69) is 5.16 Å². The van der Waals surface area contributed by atoms with Gasteiger partial charge in [0.25, 0.3) is 0 Å². The lowest BCUT2D eigenvalue weighted by atomic mass is 10.1. The van der Waals surface area contributed by atoms with Crippen LogP contribution >= 0.6 is 11.6 Å². The predicted molar refractivity (Wildman–Crippen MR) is 81.1 cm³/mol. The van der Waals surface area contributed by atoms with Crippen molar-refractivity contribution in [3.05, 3.63) is 59.1 Å². The Labute approximate surface area is 125 Å². The average Bonchev–Trinajstić information content (AvgIpc) is 2.89. The molecule has 0 radical (unpaired) electrons. The second-order valence-corrected chi connectivity index (χ2v) is 4.90. The summed E-state index contributed by atoms with van der Waals surface area (Å²) in [5.74, 6) is -0.356. The number of carboxylic acid groups (broad SMARTS) is 1. The minimum absolute atomic E-state index is 0.632. The van der Waals surface area contributed by atoms with Crippen molar-refractivity contribution in [2.24, 2.45) is 0 Å². The van der Waals surface area contributed by atoms with Gasteiger partial charge in [0.2, 0.25) is 0 Å². The molecule has 3 rings (SSSR count). The smallest absolute Gasteiger partial charge is 0.328 e. The normalized spacial score (nSPS) is 11.3. The van der Waals surface area contributed by atoms with Gasteiger partial charge in [-0.25, -0.2) is 4.79 Å². The second kappa shape index (κ2) is 5.42. The fourth-order valence-electron chi connectivity index (χ4n) is 2.04. The molecule has 4 nitrogen and oxygen atoms in total. The summed E-state index contributed by atoms with van der Waals surface area (Å²) >= 11 is 5.88. The summed E-state index contributed by atoms with van der Waals surface area (Å²) in [5, 5.41) is 14.2. The maximum absolute atomic E-state index is 10.6. The minimum atomic E-state index is -0.988. The number of hydrogen-bond acceptors (Lipinski definition) is 3. The van der Waals surface area contributed by atoms with E-state index in [1.807, 2.05) is 18.2 Å². The number of aliphatic carboxylic acids is 1. The van der Waals surface area contributed by atoms with Crippen molar-refractivity contribution >= 4 is 34.5 Å². The van der Waals surface area contributed by atoms with Crippen LogP contribution in [0.2, 0.25) is 5.02 Å². The number of hydrogen-bond donors (Lipinski definition) is 1. The van der Waals surface area contributed by atoms with Crippen molar-refractivity contribution in [2.75, 3.05) is 0 Å². The molecule has 0 saturated carbocycles. The molecule has 1 aromatic heterocycles. The predicted octanol–water partition coefficient (Wildman–Crippen LogP) is 4.25. The van der Waals surface area contributed by atoms with Crippen LogP contribution in [0.5, 0.6) is 0 Å². The third kappa shape index (κ3) is 2.80. The molecule has 0 aliphatic carbocycles.